The minimum Gasteiger partial charge on any atom is -0.508 e. The third-order valence-corrected chi connectivity index (χ3v) is 4.15. The number of phenolic OH excluding ortho intramolecular Hbond substituents is 1. The van der Waals surface area contributed by atoms with Gasteiger partial charge in [-0.05, 0) is 56.4 Å². The zero-order valence-corrected chi connectivity index (χ0v) is 9.85. The molecule has 1 aromatic rings. The predicted molar refractivity (Wildman–Crippen MR) is 66.0 cm³/mol. The van der Waals surface area contributed by atoms with Crippen LogP contribution in [0.1, 0.15) is 38.5 Å². The lowest BCUT2D eigenvalue weighted by atomic mass is 9.69. The van der Waals surface area contributed by atoms with Crippen molar-refractivity contribution in [3.05, 3.63) is 24.3 Å². The van der Waals surface area contributed by atoms with E-state index in [4.69, 9.17) is 0 Å². The molecule has 1 saturated carbocycles. The van der Waals surface area contributed by atoms with E-state index in [-0.39, 0.29) is 17.2 Å². The Hall–Kier alpha value is -1.51. The number of hydrogen-bond acceptors (Lipinski definition) is 2. The summed E-state index contributed by atoms with van der Waals surface area (Å²) < 4.78 is 0. The van der Waals surface area contributed by atoms with Gasteiger partial charge in [0.05, 0.1) is 0 Å². The van der Waals surface area contributed by atoms with E-state index in [0.29, 0.717) is 6.42 Å². The van der Waals surface area contributed by atoms with Gasteiger partial charge < -0.3 is 10.0 Å². The Morgan fingerprint density at radius 3 is 2.29 bits per heavy atom. The molecule has 2 fully saturated rings. The van der Waals surface area contributed by atoms with Crippen molar-refractivity contribution in [2.75, 3.05) is 4.90 Å². The van der Waals surface area contributed by atoms with Crippen molar-refractivity contribution in [1.29, 1.82) is 0 Å². The van der Waals surface area contributed by atoms with Gasteiger partial charge in [0.25, 0.3) is 0 Å². The summed E-state index contributed by atoms with van der Waals surface area (Å²) in [6.45, 7) is 0. The zero-order valence-electron chi connectivity index (χ0n) is 9.85. The number of carbonyl (C=O) groups is 1. The van der Waals surface area contributed by atoms with Crippen LogP contribution in [-0.2, 0) is 4.79 Å². The van der Waals surface area contributed by atoms with Crippen LogP contribution in [0.3, 0.4) is 0 Å². The van der Waals surface area contributed by atoms with Gasteiger partial charge in [0.2, 0.25) is 5.91 Å². The molecule has 1 aromatic carbocycles. The van der Waals surface area contributed by atoms with Crippen LogP contribution in [0.5, 0.6) is 5.75 Å². The maximum atomic E-state index is 12.2. The summed E-state index contributed by atoms with van der Waals surface area (Å²) in [6, 6.07) is 7.00. The largest absolute Gasteiger partial charge is 0.508 e. The Bertz CT molecular complexity index is 434. The second-order valence-corrected chi connectivity index (χ2v) is 5.18. The van der Waals surface area contributed by atoms with Gasteiger partial charge in [-0.25, -0.2) is 0 Å². The van der Waals surface area contributed by atoms with Crippen LogP contribution in [0.4, 0.5) is 5.69 Å². The van der Waals surface area contributed by atoms with Crippen LogP contribution in [0.15, 0.2) is 24.3 Å². The minimum atomic E-state index is 0.0896. The highest BCUT2D eigenvalue weighted by molar-refractivity contribution is 5.96. The zero-order chi connectivity index (χ0) is 11.9. The van der Waals surface area contributed by atoms with E-state index in [0.717, 1.165) is 31.4 Å². The number of piperidine rings is 1. The Balaban J connectivity index is 1.97. The lowest BCUT2D eigenvalue weighted by molar-refractivity contribution is -0.122. The highest BCUT2D eigenvalue weighted by atomic mass is 16.3. The number of anilines is 1. The van der Waals surface area contributed by atoms with Crippen molar-refractivity contribution in [2.24, 2.45) is 0 Å². The topological polar surface area (TPSA) is 40.5 Å². The van der Waals surface area contributed by atoms with Gasteiger partial charge >= 0.3 is 0 Å². The molecule has 2 aliphatic rings. The molecule has 3 rings (SSSR count). The van der Waals surface area contributed by atoms with E-state index in [1.54, 1.807) is 12.1 Å². The predicted octanol–water partition coefficient (Wildman–Crippen LogP) is 2.83. The first-order valence-electron chi connectivity index (χ1n) is 6.33. The van der Waals surface area contributed by atoms with Gasteiger partial charge in [-0.1, -0.05) is 0 Å². The standard InChI is InChI=1S/C14H17NO2/c16-12-6-4-11(5-7-12)15-13(17)3-1-8-14(15)9-2-10-14/h4-7,16H,1-3,8-10H2. The molecule has 17 heavy (non-hydrogen) atoms. The molecule has 0 aromatic heterocycles. The first kappa shape index (κ1) is 10.6. The molecule has 3 heteroatoms. The monoisotopic (exact) mass is 231 g/mol. The number of nitrogens with zero attached hydrogens (tertiary/aromatic N) is 1. The molecular weight excluding hydrogens is 214 g/mol. The van der Waals surface area contributed by atoms with Gasteiger partial charge in [0.1, 0.15) is 5.75 Å². The summed E-state index contributed by atoms with van der Waals surface area (Å²) in [7, 11) is 0. The Labute approximate surface area is 101 Å². The SMILES string of the molecule is O=C1CCCC2(CCC2)N1c1ccc(O)cc1. The first-order chi connectivity index (χ1) is 8.21. The van der Waals surface area contributed by atoms with Gasteiger partial charge in [-0.15, -0.1) is 0 Å². The lowest BCUT2D eigenvalue weighted by Crippen LogP contribution is -2.59. The summed E-state index contributed by atoms with van der Waals surface area (Å²) in [5.74, 6) is 0.488. The van der Waals surface area contributed by atoms with Crippen molar-refractivity contribution in [3.8, 4) is 5.75 Å². The molecule has 1 saturated heterocycles. The summed E-state index contributed by atoms with van der Waals surface area (Å²) in [5, 5.41) is 9.32. The van der Waals surface area contributed by atoms with E-state index >= 15 is 0 Å². The van der Waals surface area contributed by atoms with E-state index in [9.17, 15) is 9.90 Å². The highest BCUT2D eigenvalue weighted by Crippen LogP contribution is 2.46. The van der Waals surface area contributed by atoms with Crippen LogP contribution in [0, 0.1) is 0 Å². The van der Waals surface area contributed by atoms with Crippen LogP contribution in [0.2, 0.25) is 0 Å². The molecular formula is C14H17NO2. The first-order valence-corrected chi connectivity index (χ1v) is 6.33. The fourth-order valence-electron chi connectivity index (χ4n) is 3.13. The second kappa shape index (κ2) is 3.76. The molecule has 1 heterocycles. The third kappa shape index (κ3) is 1.61. The van der Waals surface area contributed by atoms with E-state index < -0.39 is 0 Å². The third-order valence-electron chi connectivity index (χ3n) is 4.15. The molecule has 0 unspecified atom stereocenters. The van der Waals surface area contributed by atoms with Crippen LogP contribution >= 0.6 is 0 Å². The molecule has 1 N–H and O–H groups in total. The van der Waals surface area contributed by atoms with Crippen LogP contribution in [-0.4, -0.2) is 16.6 Å². The number of benzene rings is 1. The molecule has 0 atom stereocenters. The number of rotatable bonds is 1. The molecule has 0 bridgehead atoms. The fraction of sp³-hybridized carbons (Fsp3) is 0.500. The number of phenols is 1. The summed E-state index contributed by atoms with van der Waals surface area (Å²) in [6.07, 6.45) is 6.27. The fourth-order valence-corrected chi connectivity index (χ4v) is 3.13. The van der Waals surface area contributed by atoms with Crippen molar-refractivity contribution >= 4 is 11.6 Å². The molecule has 3 nitrogen and oxygen atoms in total. The van der Waals surface area contributed by atoms with Gasteiger partial charge in [0, 0.05) is 17.6 Å². The van der Waals surface area contributed by atoms with Gasteiger partial charge in [-0.2, -0.15) is 0 Å². The number of carbonyl (C=O) groups excluding carboxylic acids is 1. The maximum Gasteiger partial charge on any atom is 0.227 e. The summed E-state index contributed by atoms with van der Waals surface area (Å²) >= 11 is 0. The highest BCUT2D eigenvalue weighted by Gasteiger charge is 2.47. The minimum absolute atomic E-state index is 0.0896. The maximum absolute atomic E-state index is 12.2. The Kier molecular flexibility index (Phi) is 2.35. The van der Waals surface area contributed by atoms with Crippen molar-refractivity contribution in [2.45, 2.75) is 44.1 Å². The second-order valence-electron chi connectivity index (χ2n) is 5.18. The number of hydrogen-bond donors (Lipinski definition) is 1. The van der Waals surface area contributed by atoms with Crippen LogP contribution < -0.4 is 4.90 Å². The Morgan fingerprint density at radius 1 is 1.06 bits per heavy atom. The molecule has 1 spiro atoms. The van der Waals surface area contributed by atoms with Gasteiger partial charge in [-0.3, -0.25) is 4.79 Å². The molecule has 1 aliphatic carbocycles. The summed E-state index contributed by atoms with van der Waals surface area (Å²) in [5.41, 5.74) is 1.03. The van der Waals surface area contributed by atoms with Crippen molar-refractivity contribution < 1.29 is 9.90 Å². The molecule has 90 valence electrons. The number of aromatic hydroxyl groups is 1. The van der Waals surface area contributed by atoms with Crippen LogP contribution in [0.25, 0.3) is 0 Å². The van der Waals surface area contributed by atoms with E-state index in [2.05, 4.69) is 0 Å². The summed E-state index contributed by atoms with van der Waals surface area (Å²) in [4.78, 5) is 14.1. The Morgan fingerprint density at radius 2 is 1.71 bits per heavy atom. The van der Waals surface area contributed by atoms with Crippen molar-refractivity contribution in [1.82, 2.24) is 0 Å². The molecule has 1 amide bonds. The molecule has 0 radical (unpaired) electrons. The number of amides is 1. The smallest absolute Gasteiger partial charge is 0.227 e. The van der Waals surface area contributed by atoms with Gasteiger partial charge in [0.15, 0.2) is 0 Å². The van der Waals surface area contributed by atoms with E-state index in [1.165, 1.54) is 6.42 Å². The lowest BCUT2D eigenvalue weighted by Gasteiger charge is -2.53. The molecule has 1 aliphatic heterocycles. The quantitative estimate of drug-likeness (QED) is 0.807. The average molecular weight is 231 g/mol. The van der Waals surface area contributed by atoms with E-state index in [1.807, 2.05) is 17.0 Å². The van der Waals surface area contributed by atoms with Crippen molar-refractivity contribution in [3.63, 3.8) is 0 Å². The average Bonchev–Trinajstić information content (AvgIpc) is 2.28. The normalized spacial score (nSPS) is 22.6.